The zero-order chi connectivity index (χ0) is 18.6. The van der Waals surface area contributed by atoms with E-state index in [0.29, 0.717) is 11.3 Å². The summed E-state index contributed by atoms with van der Waals surface area (Å²) in [5.41, 5.74) is 8.04. The number of carbonyl (C=O) groups excluding carboxylic acids is 1. The van der Waals surface area contributed by atoms with E-state index in [1.54, 1.807) is 30.3 Å². The van der Waals surface area contributed by atoms with Crippen molar-refractivity contribution in [1.82, 2.24) is 0 Å². The van der Waals surface area contributed by atoms with Crippen LogP contribution < -0.4 is 5.73 Å². The molecule has 3 heteroatoms. The fraction of sp³-hybridized carbons (Fsp3) is 0.348. The zero-order valence-electron chi connectivity index (χ0n) is 15.6. The SMILES string of the molecule is CCCCCCCCSc1cccc(/C=C/C(=O)c2ccc(N)cc2)c1. The highest BCUT2D eigenvalue weighted by molar-refractivity contribution is 7.99. The van der Waals surface area contributed by atoms with Gasteiger partial charge >= 0.3 is 0 Å². The average Bonchev–Trinajstić information content (AvgIpc) is 2.66. The molecule has 2 aromatic carbocycles. The van der Waals surface area contributed by atoms with Crippen molar-refractivity contribution in [1.29, 1.82) is 0 Å². The number of hydrogen-bond acceptors (Lipinski definition) is 3. The van der Waals surface area contributed by atoms with Crippen LogP contribution in [-0.4, -0.2) is 11.5 Å². The summed E-state index contributed by atoms with van der Waals surface area (Å²) in [7, 11) is 0. The highest BCUT2D eigenvalue weighted by Crippen LogP contribution is 2.22. The van der Waals surface area contributed by atoms with Crippen molar-refractivity contribution in [3.63, 3.8) is 0 Å². The van der Waals surface area contributed by atoms with Gasteiger partial charge in [0.15, 0.2) is 5.78 Å². The number of unbranched alkanes of at least 4 members (excludes halogenated alkanes) is 5. The minimum atomic E-state index is -0.00450. The lowest BCUT2D eigenvalue weighted by atomic mass is 10.1. The summed E-state index contributed by atoms with van der Waals surface area (Å²) in [4.78, 5) is 13.5. The maximum Gasteiger partial charge on any atom is 0.185 e. The lowest BCUT2D eigenvalue weighted by Crippen LogP contribution is -1.94. The molecule has 2 N–H and O–H groups in total. The van der Waals surface area contributed by atoms with Gasteiger partial charge in [-0.15, -0.1) is 11.8 Å². The molecule has 0 aromatic heterocycles. The Hall–Kier alpha value is -2.00. The van der Waals surface area contributed by atoms with Crippen molar-refractivity contribution in [3.8, 4) is 0 Å². The molecule has 0 saturated carbocycles. The van der Waals surface area contributed by atoms with Crippen molar-refractivity contribution in [2.45, 2.75) is 50.3 Å². The summed E-state index contributed by atoms with van der Waals surface area (Å²) in [6.07, 6.45) is 11.5. The van der Waals surface area contributed by atoms with E-state index >= 15 is 0 Å². The van der Waals surface area contributed by atoms with Crippen molar-refractivity contribution in [2.75, 3.05) is 11.5 Å². The molecule has 2 nitrogen and oxygen atoms in total. The third kappa shape index (κ3) is 7.49. The Bertz CT molecular complexity index is 706. The molecule has 2 rings (SSSR count). The number of rotatable bonds is 11. The topological polar surface area (TPSA) is 43.1 Å². The molecule has 0 aliphatic heterocycles. The summed E-state index contributed by atoms with van der Waals surface area (Å²) in [5, 5.41) is 0. The van der Waals surface area contributed by atoms with Gasteiger partial charge in [0.25, 0.3) is 0 Å². The van der Waals surface area contributed by atoms with E-state index in [-0.39, 0.29) is 5.78 Å². The molecule has 0 atom stereocenters. The molecule has 26 heavy (non-hydrogen) atoms. The first-order valence-corrected chi connectivity index (χ1v) is 10.5. The average molecular weight is 368 g/mol. The molecule has 0 heterocycles. The zero-order valence-corrected chi connectivity index (χ0v) is 16.4. The van der Waals surface area contributed by atoms with E-state index in [9.17, 15) is 4.79 Å². The molecule has 0 aliphatic carbocycles. The Kier molecular flexibility index (Phi) is 9.05. The van der Waals surface area contributed by atoms with Crippen LogP contribution in [-0.2, 0) is 0 Å². The Balaban J connectivity index is 1.80. The van der Waals surface area contributed by atoms with Gasteiger partial charge in [-0.25, -0.2) is 0 Å². The lowest BCUT2D eigenvalue weighted by Gasteiger charge is -2.03. The van der Waals surface area contributed by atoms with Gasteiger partial charge < -0.3 is 5.73 Å². The van der Waals surface area contributed by atoms with Crippen LogP contribution >= 0.6 is 11.8 Å². The van der Waals surface area contributed by atoms with Crippen LogP contribution in [0, 0.1) is 0 Å². The van der Waals surface area contributed by atoms with Crippen LogP contribution in [0.4, 0.5) is 5.69 Å². The fourth-order valence-electron chi connectivity index (χ4n) is 2.70. The Morgan fingerprint density at radius 1 is 1.00 bits per heavy atom. The maximum absolute atomic E-state index is 12.2. The molecular weight excluding hydrogens is 338 g/mol. The second kappa shape index (κ2) is 11.6. The Labute approximate surface area is 161 Å². The van der Waals surface area contributed by atoms with E-state index in [4.69, 9.17) is 5.73 Å². The second-order valence-electron chi connectivity index (χ2n) is 6.51. The fourth-order valence-corrected chi connectivity index (χ4v) is 3.67. The minimum Gasteiger partial charge on any atom is -0.399 e. The first kappa shape index (κ1) is 20.3. The van der Waals surface area contributed by atoms with E-state index in [1.165, 1.54) is 43.4 Å². The van der Waals surface area contributed by atoms with E-state index in [1.807, 2.05) is 23.9 Å². The Morgan fingerprint density at radius 3 is 2.50 bits per heavy atom. The van der Waals surface area contributed by atoms with Gasteiger partial charge in [-0.1, -0.05) is 57.2 Å². The molecular formula is C23H29NOS. The van der Waals surface area contributed by atoms with Crippen molar-refractivity contribution in [2.24, 2.45) is 0 Å². The van der Waals surface area contributed by atoms with Crippen LogP contribution in [0.25, 0.3) is 6.08 Å². The van der Waals surface area contributed by atoms with Crippen molar-refractivity contribution in [3.05, 3.63) is 65.7 Å². The number of benzene rings is 2. The van der Waals surface area contributed by atoms with Gasteiger partial charge in [-0.05, 0) is 60.2 Å². The summed E-state index contributed by atoms with van der Waals surface area (Å²) in [6.45, 7) is 2.25. The highest BCUT2D eigenvalue weighted by Gasteiger charge is 2.01. The number of allylic oxidation sites excluding steroid dienone is 1. The third-order valence-corrected chi connectivity index (χ3v) is 5.33. The van der Waals surface area contributed by atoms with Crippen LogP contribution in [0.1, 0.15) is 61.4 Å². The van der Waals surface area contributed by atoms with E-state index < -0.39 is 0 Å². The molecule has 0 unspecified atom stereocenters. The number of hydrogen-bond donors (Lipinski definition) is 1. The smallest absolute Gasteiger partial charge is 0.185 e. The highest BCUT2D eigenvalue weighted by atomic mass is 32.2. The van der Waals surface area contributed by atoms with Crippen LogP contribution in [0.3, 0.4) is 0 Å². The van der Waals surface area contributed by atoms with Gasteiger partial charge in [-0.3, -0.25) is 4.79 Å². The summed E-state index contributed by atoms with van der Waals surface area (Å²) in [6, 6.07) is 15.4. The molecule has 0 aliphatic rings. The van der Waals surface area contributed by atoms with E-state index in [2.05, 4.69) is 25.1 Å². The molecule has 0 saturated heterocycles. The molecule has 0 radical (unpaired) electrons. The Morgan fingerprint density at radius 2 is 1.73 bits per heavy atom. The summed E-state index contributed by atoms with van der Waals surface area (Å²) in [5.74, 6) is 1.15. The molecule has 0 fully saturated rings. The van der Waals surface area contributed by atoms with Crippen molar-refractivity contribution < 1.29 is 4.79 Å². The van der Waals surface area contributed by atoms with Crippen LogP contribution in [0.5, 0.6) is 0 Å². The number of nitrogen functional groups attached to an aromatic ring is 1. The molecule has 0 spiro atoms. The molecule has 0 bridgehead atoms. The molecule has 138 valence electrons. The largest absolute Gasteiger partial charge is 0.399 e. The first-order valence-electron chi connectivity index (χ1n) is 9.50. The summed E-state index contributed by atoms with van der Waals surface area (Å²) < 4.78 is 0. The van der Waals surface area contributed by atoms with Crippen LogP contribution in [0.2, 0.25) is 0 Å². The maximum atomic E-state index is 12.2. The number of ketones is 1. The monoisotopic (exact) mass is 367 g/mol. The van der Waals surface area contributed by atoms with Gasteiger partial charge in [0, 0.05) is 16.1 Å². The number of nitrogens with two attached hydrogens (primary N) is 1. The number of carbonyl (C=O) groups is 1. The standard InChI is InChI=1S/C23H29NOS/c1-2-3-4-5-6-7-17-26-22-10-8-9-19(18-22)11-16-23(25)20-12-14-21(24)15-13-20/h8-16,18H,2-7,17,24H2,1H3/b16-11+. The van der Waals surface area contributed by atoms with E-state index in [0.717, 1.165) is 11.3 Å². The minimum absolute atomic E-state index is 0.00450. The normalized spacial score (nSPS) is 11.1. The second-order valence-corrected chi connectivity index (χ2v) is 7.68. The van der Waals surface area contributed by atoms with Gasteiger partial charge in [-0.2, -0.15) is 0 Å². The van der Waals surface area contributed by atoms with Crippen LogP contribution in [0.15, 0.2) is 59.5 Å². The van der Waals surface area contributed by atoms with Gasteiger partial charge in [0.2, 0.25) is 0 Å². The molecule has 2 aromatic rings. The number of anilines is 1. The van der Waals surface area contributed by atoms with Gasteiger partial charge in [0.05, 0.1) is 0 Å². The third-order valence-electron chi connectivity index (χ3n) is 4.25. The predicted octanol–water partition coefficient (Wildman–Crippen LogP) is 6.62. The van der Waals surface area contributed by atoms with Gasteiger partial charge in [0.1, 0.15) is 0 Å². The predicted molar refractivity (Wildman–Crippen MR) is 115 cm³/mol. The summed E-state index contributed by atoms with van der Waals surface area (Å²) >= 11 is 1.90. The lowest BCUT2D eigenvalue weighted by molar-refractivity contribution is 0.104. The molecule has 0 amide bonds. The van der Waals surface area contributed by atoms with Crippen molar-refractivity contribution >= 4 is 29.3 Å². The number of thioether (sulfide) groups is 1. The first-order chi connectivity index (χ1) is 12.7. The quantitative estimate of drug-likeness (QED) is 0.160.